The molecule has 102 valence electrons. The van der Waals surface area contributed by atoms with E-state index >= 15 is 0 Å². The molecule has 20 heavy (non-hydrogen) atoms. The second-order valence-electron chi connectivity index (χ2n) is 3.97. The van der Waals surface area contributed by atoms with E-state index in [1.54, 1.807) is 18.2 Å². The van der Waals surface area contributed by atoms with Crippen LogP contribution < -0.4 is 5.32 Å². The number of hydrogen-bond donors (Lipinski definition) is 1. The van der Waals surface area contributed by atoms with Crippen LogP contribution in [0.2, 0.25) is 0 Å². The summed E-state index contributed by atoms with van der Waals surface area (Å²) in [7, 11) is 0. The number of anilines is 1. The Morgan fingerprint density at radius 1 is 1.15 bits per heavy atom. The highest BCUT2D eigenvalue weighted by Crippen LogP contribution is 2.23. The molecule has 0 bridgehead atoms. The van der Waals surface area contributed by atoms with E-state index in [1.165, 1.54) is 36.4 Å². The van der Waals surface area contributed by atoms with Gasteiger partial charge < -0.3 is 5.32 Å². The molecule has 0 heterocycles. The van der Waals surface area contributed by atoms with Crippen LogP contribution in [0.3, 0.4) is 0 Å². The Morgan fingerprint density at radius 3 is 2.60 bits per heavy atom. The van der Waals surface area contributed by atoms with Gasteiger partial charge in [-0.3, -0.25) is 4.79 Å². The number of halogens is 3. The van der Waals surface area contributed by atoms with Gasteiger partial charge in [0.25, 0.3) is 0 Å². The average Bonchev–Trinajstić information content (AvgIpc) is 2.41. The van der Waals surface area contributed by atoms with Crippen molar-refractivity contribution >= 4 is 33.6 Å². The molecule has 0 fully saturated rings. The zero-order valence-corrected chi connectivity index (χ0v) is 11.8. The van der Waals surface area contributed by atoms with Crippen LogP contribution in [0.1, 0.15) is 5.56 Å². The van der Waals surface area contributed by atoms with Crippen molar-refractivity contribution in [2.45, 2.75) is 0 Å². The SMILES string of the molecule is O=C(/C=C/c1ccccc1F)Nc1ccc(F)cc1Br. The molecule has 2 aromatic carbocycles. The van der Waals surface area contributed by atoms with Gasteiger partial charge in [0.15, 0.2) is 0 Å². The number of nitrogens with one attached hydrogen (secondary N) is 1. The summed E-state index contributed by atoms with van der Waals surface area (Å²) in [5.41, 5.74) is 0.760. The van der Waals surface area contributed by atoms with Gasteiger partial charge in [0, 0.05) is 16.1 Å². The van der Waals surface area contributed by atoms with Gasteiger partial charge in [-0.15, -0.1) is 0 Å². The Labute approximate surface area is 123 Å². The minimum absolute atomic E-state index is 0.320. The van der Waals surface area contributed by atoms with E-state index in [0.717, 1.165) is 0 Å². The molecule has 0 saturated heterocycles. The standard InChI is InChI=1S/C15H10BrF2NO/c16-12-9-11(17)6-7-14(12)19-15(20)8-5-10-3-1-2-4-13(10)18/h1-9H,(H,19,20)/b8-5+. The predicted molar refractivity (Wildman–Crippen MR) is 78.2 cm³/mol. The van der Waals surface area contributed by atoms with Crippen molar-refractivity contribution in [1.29, 1.82) is 0 Å². The summed E-state index contributed by atoms with van der Waals surface area (Å²) in [5.74, 6) is -1.24. The number of benzene rings is 2. The summed E-state index contributed by atoms with van der Waals surface area (Å²) in [6.07, 6.45) is 2.59. The topological polar surface area (TPSA) is 29.1 Å². The summed E-state index contributed by atoms with van der Waals surface area (Å²) >= 11 is 3.14. The average molecular weight is 338 g/mol. The summed E-state index contributed by atoms with van der Waals surface area (Å²) < 4.78 is 26.7. The van der Waals surface area contributed by atoms with Crippen molar-refractivity contribution in [2.24, 2.45) is 0 Å². The molecule has 1 N–H and O–H groups in total. The van der Waals surface area contributed by atoms with Crippen LogP contribution in [0, 0.1) is 11.6 Å². The molecule has 0 aromatic heterocycles. The molecule has 5 heteroatoms. The molecule has 0 unspecified atom stereocenters. The van der Waals surface area contributed by atoms with Gasteiger partial charge in [-0.05, 0) is 46.3 Å². The van der Waals surface area contributed by atoms with E-state index in [1.807, 2.05) is 0 Å². The van der Waals surface area contributed by atoms with Gasteiger partial charge in [0.2, 0.25) is 5.91 Å². The number of carbonyl (C=O) groups excluding carboxylic acids is 1. The van der Waals surface area contributed by atoms with Crippen LogP contribution in [0.5, 0.6) is 0 Å². The molecule has 0 aliphatic rings. The van der Waals surface area contributed by atoms with Crippen LogP contribution in [0.4, 0.5) is 14.5 Å². The lowest BCUT2D eigenvalue weighted by Gasteiger charge is -2.04. The zero-order chi connectivity index (χ0) is 14.5. The van der Waals surface area contributed by atoms with Crippen LogP contribution in [-0.4, -0.2) is 5.91 Å². The Kier molecular flexibility index (Phi) is 4.63. The lowest BCUT2D eigenvalue weighted by molar-refractivity contribution is -0.111. The van der Waals surface area contributed by atoms with E-state index < -0.39 is 17.5 Å². The highest BCUT2D eigenvalue weighted by molar-refractivity contribution is 9.10. The number of rotatable bonds is 3. The molecule has 2 rings (SSSR count). The largest absolute Gasteiger partial charge is 0.321 e. The van der Waals surface area contributed by atoms with Crippen LogP contribution in [0.15, 0.2) is 53.0 Å². The second-order valence-corrected chi connectivity index (χ2v) is 4.82. The van der Waals surface area contributed by atoms with Gasteiger partial charge in [0.1, 0.15) is 11.6 Å². The first-order valence-corrected chi connectivity index (χ1v) is 6.54. The molecule has 0 atom stereocenters. The summed E-state index contributed by atoms with van der Waals surface area (Å²) in [6, 6.07) is 10.0. The molecule has 0 aliphatic heterocycles. The quantitative estimate of drug-likeness (QED) is 0.827. The van der Waals surface area contributed by atoms with Crippen molar-refractivity contribution in [2.75, 3.05) is 5.32 Å². The minimum atomic E-state index is -0.430. The highest BCUT2D eigenvalue weighted by atomic mass is 79.9. The lowest BCUT2D eigenvalue weighted by atomic mass is 10.2. The Morgan fingerprint density at radius 2 is 1.90 bits per heavy atom. The minimum Gasteiger partial charge on any atom is -0.321 e. The van der Waals surface area contributed by atoms with Gasteiger partial charge in [-0.25, -0.2) is 8.78 Å². The number of hydrogen-bond acceptors (Lipinski definition) is 1. The zero-order valence-electron chi connectivity index (χ0n) is 10.2. The maximum absolute atomic E-state index is 13.3. The predicted octanol–water partition coefficient (Wildman–Crippen LogP) is 4.38. The fourth-order valence-electron chi connectivity index (χ4n) is 1.54. The van der Waals surface area contributed by atoms with E-state index in [-0.39, 0.29) is 0 Å². The number of carbonyl (C=O) groups is 1. The van der Waals surface area contributed by atoms with E-state index in [4.69, 9.17) is 0 Å². The second kappa shape index (κ2) is 6.43. The van der Waals surface area contributed by atoms with Crippen molar-refractivity contribution in [3.8, 4) is 0 Å². The molecule has 0 saturated carbocycles. The fraction of sp³-hybridized carbons (Fsp3) is 0. The Bertz CT molecular complexity index is 671. The first-order valence-electron chi connectivity index (χ1n) is 5.75. The third kappa shape index (κ3) is 3.74. The first-order chi connectivity index (χ1) is 9.56. The smallest absolute Gasteiger partial charge is 0.248 e. The molecule has 0 aliphatic carbocycles. The molecular formula is C15H10BrF2NO. The molecule has 1 amide bonds. The van der Waals surface area contributed by atoms with E-state index in [0.29, 0.717) is 15.7 Å². The van der Waals surface area contributed by atoms with Crippen molar-refractivity contribution in [1.82, 2.24) is 0 Å². The first kappa shape index (κ1) is 14.4. The van der Waals surface area contributed by atoms with Crippen molar-refractivity contribution in [3.05, 3.63) is 70.2 Å². The fourth-order valence-corrected chi connectivity index (χ4v) is 1.99. The van der Waals surface area contributed by atoms with Gasteiger partial charge >= 0.3 is 0 Å². The summed E-state index contributed by atoms with van der Waals surface area (Å²) in [4.78, 5) is 11.7. The van der Waals surface area contributed by atoms with Gasteiger partial charge in [-0.2, -0.15) is 0 Å². The molecule has 0 radical (unpaired) electrons. The van der Waals surface area contributed by atoms with Crippen LogP contribution in [-0.2, 0) is 4.79 Å². The molecular weight excluding hydrogens is 328 g/mol. The third-order valence-electron chi connectivity index (χ3n) is 2.51. The molecule has 0 spiro atoms. The van der Waals surface area contributed by atoms with Crippen molar-refractivity contribution in [3.63, 3.8) is 0 Å². The Balaban J connectivity index is 2.08. The van der Waals surface area contributed by atoms with E-state index in [9.17, 15) is 13.6 Å². The maximum atomic E-state index is 13.3. The Hall–Kier alpha value is -2.01. The highest BCUT2D eigenvalue weighted by Gasteiger charge is 2.04. The monoisotopic (exact) mass is 337 g/mol. The van der Waals surface area contributed by atoms with E-state index in [2.05, 4.69) is 21.2 Å². The van der Waals surface area contributed by atoms with Gasteiger partial charge in [0.05, 0.1) is 5.69 Å². The molecule has 2 nitrogen and oxygen atoms in total. The third-order valence-corrected chi connectivity index (χ3v) is 3.16. The maximum Gasteiger partial charge on any atom is 0.248 e. The van der Waals surface area contributed by atoms with Crippen molar-refractivity contribution < 1.29 is 13.6 Å². The van der Waals surface area contributed by atoms with Gasteiger partial charge in [-0.1, -0.05) is 18.2 Å². The summed E-state index contributed by atoms with van der Waals surface area (Å²) in [5, 5.41) is 2.57. The lowest BCUT2D eigenvalue weighted by Crippen LogP contribution is -2.08. The normalized spacial score (nSPS) is 10.8. The molecule has 2 aromatic rings. The van der Waals surface area contributed by atoms with Crippen LogP contribution in [0.25, 0.3) is 6.08 Å². The summed E-state index contributed by atoms with van der Waals surface area (Å²) in [6.45, 7) is 0. The number of amides is 1. The van der Waals surface area contributed by atoms with Crippen LogP contribution >= 0.6 is 15.9 Å².